The third-order valence-electron chi connectivity index (χ3n) is 5.82. The summed E-state index contributed by atoms with van der Waals surface area (Å²) in [5.41, 5.74) is 1.64. The Bertz CT molecular complexity index is 1060. The molecule has 0 bridgehead atoms. The lowest BCUT2D eigenvalue weighted by atomic mass is 9.86. The van der Waals surface area contributed by atoms with E-state index in [1.54, 1.807) is 0 Å². The van der Waals surface area contributed by atoms with Gasteiger partial charge < -0.3 is 15.5 Å². The summed E-state index contributed by atoms with van der Waals surface area (Å²) < 4.78 is 0.917. The summed E-state index contributed by atoms with van der Waals surface area (Å²) >= 11 is 3.42. The smallest absolute Gasteiger partial charge is 0.251 e. The zero-order valence-corrected chi connectivity index (χ0v) is 19.5. The third-order valence-corrected chi connectivity index (χ3v) is 6.32. The van der Waals surface area contributed by atoms with E-state index in [1.807, 2.05) is 61.5 Å². The number of nitrogens with one attached hydrogen (secondary N) is 2. The molecule has 1 aliphatic carbocycles. The summed E-state index contributed by atoms with van der Waals surface area (Å²) in [5.74, 6) is 2.11. The van der Waals surface area contributed by atoms with E-state index in [0.29, 0.717) is 23.5 Å². The van der Waals surface area contributed by atoms with Crippen LogP contribution in [0.2, 0.25) is 0 Å². The van der Waals surface area contributed by atoms with Crippen molar-refractivity contribution in [3.05, 3.63) is 58.6 Å². The average molecular weight is 482 g/mol. The van der Waals surface area contributed by atoms with E-state index in [4.69, 9.17) is 9.97 Å². The van der Waals surface area contributed by atoms with Crippen molar-refractivity contribution in [1.29, 1.82) is 0 Å². The third kappa shape index (κ3) is 5.34. The fourth-order valence-corrected chi connectivity index (χ4v) is 4.53. The molecular weight excluding hydrogens is 454 g/mol. The maximum Gasteiger partial charge on any atom is 0.251 e. The van der Waals surface area contributed by atoms with Crippen molar-refractivity contribution in [3.63, 3.8) is 0 Å². The summed E-state index contributed by atoms with van der Waals surface area (Å²) in [7, 11) is 4.01. The first-order chi connectivity index (χ1) is 15.0. The van der Waals surface area contributed by atoms with Crippen molar-refractivity contribution < 1.29 is 4.79 Å². The molecule has 162 valence electrons. The molecule has 1 aliphatic rings. The van der Waals surface area contributed by atoms with Gasteiger partial charge in [0, 0.05) is 42.1 Å². The number of carbonyl (C=O) groups excluding carboxylic acids is 1. The standard InChI is InChI=1S/C24H28BrN5O/c1-30(2)22-20-8-3-4-9-21(20)28-24(29-22)27-19-12-10-16(11-13-19)15-26-23(31)17-6-5-7-18(25)14-17/h3-9,14,16,19H,10-13,15H2,1-2H3,(H,26,31)(H,27,28,29)/t16-,19+. The lowest BCUT2D eigenvalue weighted by molar-refractivity contribution is 0.0943. The molecule has 1 aromatic heterocycles. The van der Waals surface area contributed by atoms with E-state index in [2.05, 4.69) is 32.6 Å². The van der Waals surface area contributed by atoms with E-state index in [9.17, 15) is 4.79 Å². The van der Waals surface area contributed by atoms with Crippen LogP contribution in [0.15, 0.2) is 53.0 Å². The highest BCUT2D eigenvalue weighted by atomic mass is 79.9. The molecular formula is C24H28BrN5O. The minimum absolute atomic E-state index is 0.0117. The molecule has 1 heterocycles. The number of halogens is 1. The zero-order valence-electron chi connectivity index (χ0n) is 17.9. The second-order valence-corrected chi connectivity index (χ2v) is 9.28. The van der Waals surface area contributed by atoms with Crippen LogP contribution >= 0.6 is 15.9 Å². The van der Waals surface area contributed by atoms with Crippen molar-refractivity contribution in [2.45, 2.75) is 31.7 Å². The summed E-state index contributed by atoms with van der Waals surface area (Å²) in [6.45, 7) is 0.718. The number of hydrogen-bond donors (Lipinski definition) is 2. The Kier molecular flexibility index (Phi) is 6.70. The van der Waals surface area contributed by atoms with Gasteiger partial charge in [-0.1, -0.05) is 34.1 Å². The lowest BCUT2D eigenvalue weighted by Gasteiger charge is -2.29. The highest BCUT2D eigenvalue weighted by molar-refractivity contribution is 9.10. The molecule has 3 aromatic rings. The number of benzene rings is 2. The number of amides is 1. The molecule has 0 aliphatic heterocycles. The van der Waals surface area contributed by atoms with Gasteiger partial charge in [-0.25, -0.2) is 4.98 Å². The van der Waals surface area contributed by atoms with Crippen molar-refractivity contribution in [2.24, 2.45) is 5.92 Å². The molecule has 1 amide bonds. The minimum Gasteiger partial charge on any atom is -0.362 e. The molecule has 0 spiro atoms. The zero-order chi connectivity index (χ0) is 21.8. The normalized spacial score (nSPS) is 18.5. The van der Waals surface area contributed by atoms with Crippen LogP contribution in [0.3, 0.4) is 0 Å². The number of anilines is 2. The first-order valence-electron chi connectivity index (χ1n) is 10.7. The van der Waals surface area contributed by atoms with Crippen molar-refractivity contribution in [1.82, 2.24) is 15.3 Å². The fraction of sp³-hybridized carbons (Fsp3) is 0.375. The van der Waals surface area contributed by atoms with Gasteiger partial charge in [0.1, 0.15) is 5.82 Å². The SMILES string of the molecule is CN(C)c1nc(N[C@H]2CC[C@@H](CNC(=O)c3cccc(Br)c3)CC2)nc2ccccc12. The van der Waals surface area contributed by atoms with E-state index < -0.39 is 0 Å². The summed E-state index contributed by atoms with van der Waals surface area (Å²) in [6, 6.07) is 16.0. The van der Waals surface area contributed by atoms with Gasteiger partial charge in [-0.3, -0.25) is 4.79 Å². The number of para-hydroxylation sites is 1. The molecule has 2 aromatic carbocycles. The van der Waals surface area contributed by atoms with E-state index in [-0.39, 0.29) is 5.91 Å². The molecule has 7 heteroatoms. The molecule has 0 atom stereocenters. The molecule has 6 nitrogen and oxygen atoms in total. The number of rotatable bonds is 6. The maximum absolute atomic E-state index is 12.4. The number of aromatic nitrogens is 2. The maximum atomic E-state index is 12.4. The second kappa shape index (κ2) is 9.64. The predicted molar refractivity (Wildman–Crippen MR) is 130 cm³/mol. The Balaban J connectivity index is 1.32. The predicted octanol–water partition coefficient (Wildman–Crippen LogP) is 4.86. The summed E-state index contributed by atoms with van der Waals surface area (Å²) in [6.07, 6.45) is 4.24. The van der Waals surface area contributed by atoms with Gasteiger partial charge in [0.15, 0.2) is 0 Å². The van der Waals surface area contributed by atoms with Crippen LogP contribution in [-0.4, -0.2) is 42.6 Å². The summed E-state index contributed by atoms with van der Waals surface area (Å²) in [5, 5.41) is 7.69. The van der Waals surface area contributed by atoms with Crippen LogP contribution in [0.1, 0.15) is 36.0 Å². The fourth-order valence-electron chi connectivity index (χ4n) is 4.13. The lowest BCUT2D eigenvalue weighted by Crippen LogP contribution is -2.34. The van der Waals surface area contributed by atoms with Crippen LogP contribution in [0, 0.1) is 5.92 Å². The molecule has 1 saturated carbocycles. The van der Waals surface area contributed by atoms with Crippen LogP contribution in [0.25, 0.3) is 10.9 Å². The molecule has 1 fully saturated rings. The number of hydrogen-bond acceptors (Lipinski definition) is 5. The topological polar surface area (TPSA) is 70.2 Å². The van der Waals surface area contributed by atoms with E-state index >= 15 is 0 Å². The Hall–Kier alpha value is -2.67. The first-order valence-corrected chi connectivity index (χ1v) is 11.5. The number of nitrogens with zero attached hydrogens (tertiary/aromatic N) is 3. The molecule has 0 radical (unpaired) electrons. The Morgan fingerprint density at radius 3 is 2.58 bits per heavy atom. The molecule has 4 rings (SSSR count). The van der Waals surface area contributed by atoms with Gasteiger partial charge in [-0.05, 0) is 61.9 Å². The number of carbonyl (C=O) groups is 1. The van der Waals surface area contributed by atoms with Gasteiger partial charge in [0.05, 0.1) is 5.52 Å². The monoisotopic (exact) mass is 481 g/mol. The largest absolute Gasteiger partial charge is 0.362 e. The van der Waals surface area contributed by atoms with Gasteiger partial charge in [-0.2, -0.15) is 4.98 Å². The van der Waals surface area contributed by atoms with Gasteiger partial charge in [0.25, 0.3) is 5.91 Å². The average Bonchev–Trinajstić information content (AvgIpc) is 2.77. The van der Waals surface area contributed by atoms with Crippen LogP contribution in [0.4, 0.5) is 11.8 Å². The Morgan fingerprint density at radius 2 is 1.84 bits per heavy atom. The highest BCUT2D eigenvalue weighted by Gasteiger charge is 2.23. The van der Waals surface area contributed by atoms with Crippen LogP contribution in [-0.2, 0) is 0 Å². The van der Waals surface area contributed by atoms with Crippen molar-refractivity contribution in [2.75, 3.05) is 30.9 Å². The Morgan fingerprint density at radius 1 is 1.06 bits per heavy atom. The van der Waals surface area contributed by atoms with E-state index in [1.165, 1.54) is 0 Å². The first kappa shape index (κ1) is 21.6. The molecule has 2 N–H and O–H groups in total. The molecule has 0 unspecified atom stereocenters. The highest BCUT2D eigenvalue weighted by Crippen LogP contribution is 2.28. The molecule has 31 heavy (non-hydrogen) atoms. The van der Waals surface area contributed by atoms with Gasteiger partial charge >= 0.3 is 0 Å². The van der Waals surface area contributed by atoms with Crippen molar-refractivity contribution >= 4 is 44.5 Å². The Labute approximate surface area is 191 Å². The van der Waals surface area contributed by atoms with Gasteiger partial charge in [-0.15, -0.1) is 0 Å². The van der Waals surface area contributed by atoms with Crippen molar-refractivity contribution in [3.8, 4) is 0 Å². The van der Waals surface area contributed by atoms with Gasteiger partial charge in [0.2, 0.25) is 5.95 Å². The van der Waals surface area contributed by atoms with E-state index in [0.717, 1.165) is 53.4 Å². The van der Waals surface area contributed by atoms with Crippen LogP contribution < -0.4 is 15.5 Å². The second-order valence-electron chi connectivity index (χ2n) is 8.36. The number of fused-ring (bicyclic) bond motifs is 1. The quantitative estimate of drug-likeness (QED) is 0.525. The minimum atomic E-state index is -0.0117. The summed E-state index contributed by atoms with van der Waals surface area (Å²) in [4.78, 5) is 23.9. The molecule has 0 saturated heterocycles. The van der Waals surface area contributed by atoms with Crippen LogP contribution in [0.5, 0.6) is 0 Å².